The highest BCUT2D eigenvalue weighted by molar-refractivity contribution is 5.94. The van der Waals surface area contributed by atoms with Crippen molar-refractivity contribution >= 4 is 18.0 Å². The highest BCUT2D eigenvalue weighted by Gasteiger charge is 2.32. The average molecular weight is 433 g/mol. The third kappa shape index (κ3) is 5.62. The first-order chi connectivity index (χ1) is 14.8. The van der Waals surface area contributed by atoms with Gasteiger partial charge in [-0.25, -0.2) is 5.43 Å². The topological polar surface area (TPSA) is 71.0 Å². The Bertz CT molecular complexity index is 950. The van der Waals surface area contributed by atoms with Crippen molar-refractivity contribution in [3.05, 3.63) is 65.2 Å². The van der Waals surface area contributed by atoms with Gasteiger partial charge in [0.15, 0.2) is 0 Å². The van der Waals surface area contributed by atoms with Gasteiger partial charge in [0.1, 0.15) is 5.75 Å². The molecule has 1 fully saturated rings. The molecule has 3 rings (SSSR count). The number of nitrogens with one attached hydrogen (secondary N) is 1. The molecule has 0 radical (unpaired) electrons. The number of hydrogen-bond donors (Lipinski definition) is 1. The molecule has 164 valence electrons. The zero-order valence-corrected chi connectivity index (χ0v) is 16.9. The summed E-state index contributed by atoms with van der Waals surface area (Å²) >= 11 is 0. The number of halogens is 3. The van der Waals surface area contributed by atoms with E-state index in [9.17, 15) is 22.8 Å². The molecule has 0 saturated carbocycles. The number of hydrogen-bond acceptors (Lipinski definition) is 4. The fourth-order valence-corrected chi connectivity index (χ4v) is 3.39. The van der Waals surface area contributed by atoms with Crippen molar-refractivity contribution < 1.29 is 27.5 Å². The first-order valence-corrected chi connectivity index (χ1v) is 9.72. The minimum atomic E-state index is -4.50. The first kappa shape index (κ1) is 22.3. The summed E-state index contributed by atoms with van der Waals surface area (Å²) in [6.07, 6.45) is -2.62. The summed E-state index contributed by atoms with van der Waals surface area (Å²) in [4.78, 5) is 26.6. The second-order valence-electron chi connectivity index (χ2n) is 7.11. The van der Waals surface area contributed by atoms with E-state index in [1.807, 2.05) is 0 Å². The van der Waals surface area contributed by atoms with Crippen LogP contribution in [0.4, 0.5) is 13.2 Å². The monoisotopic (exact) mass is 433 g/mol. The molecular formula is C22H22F3N3O3. The Morgan fingerprint density at radius 3 is 2.35 bits per heavy atom. The molecule has 0 aromatic heterocycles. The summed E-state index contributed by atoms with van der Waals surface area (Å²) in [5.41, 5.74) is 1.90. The summed E-state index contributed by atoms with van der Waals surface area (Å²) in [5.74, 6) is -0.208. The molecule has 1 aliphatic rings. The number of likely N-dealkylation sites (tertiary alicyclic amines) is 1. The van der Waals surface area contributed by atoms with Crippen LogP contribution in [-0.4, -0.2) is 43.1 Å². The minimum absolute atomic E-state index is 0.122. The smallest absolute Gasteiger partial charge is 0.417 e. The molecule has 1 aliphatic heterocycles. The molecule has 2 aromatic carbocycles. The molecule has 1 heterocycles. The second-order valence-corrected chi connectivity index (χ2v) is 7.11. The Labute approximate surface area is 177 Å². The zero-order chi connectivity index (χ0) is 22.4. The van der Waals surface area contributed by atoms with Gasteiger partial charge in [0.05, 0.1) is 18.9 Å². The number of carbonyl (C=O) groups is 2. The Hall–Kier alpha value is -3.36. The van der Waals surface area contributed by atoms with Crippen molar-refractivity contribution in [2.24, 2.45) is 11.0 Å². The van der Waals surface area contributed by atoms with E-state index in [4.69, 9.17) is 4.74 Å². The van der Waals surface area contributed by atoms with E-state index in [0.717, 1.165) is 12.3 Å². The third-order valence-corrected chi connectivity index (χ3v) is 5.13. The van der Waals surface area contributed by atoms with Crippen LogP contribution in [0.25, 0.3) is 0 Å². The summed E-state index contributed by atoms with van der Waals surface area (Å²) in [5, 5.41) is 3.69. The molecule has 0 atom stereocenters. The van der Waals surface area contributed by atoms with Crippen LogP contribution in [0.2, 0.25) is 0 Å². The summed E-state index contributed by atoms with van der Waals surface area (Å²) in [6.45, 7) is 0.813. The predicted octanol–water partition coefficient (Wildman–Crippen LogP) is 3.72. The molecule has 0 bridgehead atoms. The molecule has 0 spiro atoms. The number of ether oxygens (including phenoxy) is 1. The van der Waals surface area contributed by atoms with Crippen LogP contribution in [0.1, 0.15) is 34.3 Å². The van der Waals surface area contributed by atoms with E-state index in [0.29, 0.717) is 37.2 Å². The van der Waals surface area contributed by atoms with Crippen molar-refractivity contribution in [2.75, 3.05) is 20.2 Å². The summed E-state index contributed by atoms with van der Waals surface area (Å²) in [7, 11) is 1.55. The number of amides is 2. The van der Waals surface area contributed by atoms with Gasteiger partial charge in [0, 0.05) is 30.1 Å². The number of hydrazone groups is 1. The fraction of sp³-hybridized carbons (Fsp3) is 0.318. The Morgan fingerprint density at radius 2 is 1.74 bits per heavy atom. The molecule has 2 aromatic rings. The maximum absolute atomic E-state index is 13.0. The lowest BCUT2D eigenvalue weighted by atomic mass is 9.95. The van der Waals surface area contributed by atoms with Gasteiger partial charge in [-0.1, -0.05) is 18.2 Å². The lowest BCUT2D eigenvalue weighted by molar-refractivity contribution is -0.137. The van der Waals surface area contributed by atoms with Gasteiger partial charge in [-0.15, -0.1) is 0 Å². The molecule has 1 N–H and O–H groups in total. The SMILES string of the molecule is COc1ccc(C(=O)N2CCC(C(=O)N/N=C/c3ccccc3C(F)(F)F)CC2)cc1. The molecular weight excluding hydrogens is 411 g/mol. The number of benzene rings is 2. The highest BCUT2D eigenvalue weighted by atomic mass is 19.4. The molecule has 0 aliphatic carbocycles. The number of methoxy groups -OCH3 is 1. The highest BCUT2D eigenvalue weighted by Crippen LogP contribution is 2.31. The van der Waals surface area contributed by atoms with Gasteiger partial charge < -0.3 is 9.64 Å². The standard InChI is InChI=1S/C22H22F3N3O3/c1-31-18-8-6-16(7-9-18)21(30)28-12-10-15(11-13-28)20(29)27-26-14-17-4-2-3-5-19(17)22(23,24)25/h2-9,14-15H,10-13H2,1H3,(H,27,29)/b26-14+. The van der Waals surface area contributed by atoms with Crippen LogP contribution < -0.4 is 10.2 Å². The summed E-state index contributed by atoms with van der Waals surface area (Å²) in [6, 6.07) is 11.8. The van der Waals surface area contributed by atoms with Gasteiger partial charge >= 0.3 is 6.18 Å². The zero-order valence-electron chi connectivity index (χ0n) is 16.9. The average Bonchev–Trinajstić information content (AvgIpc) is 2.78. The summed E-state index contributed by atoms with van der Waals surface area (Å²) < 4.78 is 44.1. The van der Waals surface area contributed by atoms with E-state index in [1.165, 1.54) is 18.2 Å². The minimum Gasteiger partial charge on any atom is -0.497 e. The lowest BCUT2D eigenvalue weighted by Crippen LogP contribution is -2.42. The van der Waals surface area contributed by atoms with Crippen LogP contribution in [0.3, 0.4) is 0 Å². The maximum Gasteiger partial charge on any atom is 0.417 e. The number of alkyl halides is 3. The number of rotatable bonds is 5. The third-order valence-electron chi connectivity index (χ3n) is 5.13. The van der Waals surface area contributed by atoms with E-state index >= 15 is 0 Å². The van der Waals surface area contributed by atoms with Gasteiger partial charge in [0.25, 0.3) is 5.91 Å². The van der Waals surface area contributed by atoms with E-state index in [1.54, 1.807) is 36.3 Å². The molecule has 9 heteroatoms. The van der Waals surface area contributed by atoms with Crippen molar-refractivity contribution in [1.29, 1.82) is 0 Å². The van der Waals surface area contributed by atoms with Crippen LogP contribution >= 0.6 is 0 Å². The molecule has 2 amide bonds. The second kappa shape index (κ2) is 9.63. The van der Waals surface area contributed by atoms with Gasteiger partial charge in [-0.3, -0.25) is 9.59 Å². The van der Waals surface area contributed by atoms with E-state index in [2.05, 4.69) is 10.5 Å². The van der Waals surface area contributed by atoms with E-state index in [-0.39, 0.29) is 23.3 Å². The van der Waals surface area contributed by atoms with Crippen molar-refractivity contribution in [2.45, 2.75) is 19.0 Å². The van der Waals surface area contributed by atoms with Gasteiger partial charge in [-0.2, -0.15) is 18.3 Å². The number of nitrogens with zero attached hydrogens (tertiary/aromatic N) is 2. The van der Waals surface area contributed by atoms with E-state index < -0.39 is 11.7 Å². The normalized spacial score (nSPS) is 15.2. The van der Waals surface area contributed by atoms with Crippen LogP contribution in [0, 0.1) is 5.92 Å². The fourth-order valence-electron chi connectivity index (χ4n) is 3.39. The number of piperidine rings is 1. The van der Waals surface area contributed by atoms with Crippen LogP contribution in [0.15, 0.2) is 53.6 Å². The van der Waals surface area contributed by atoms with Crippen LogP contribution in [0.5, 0.6) is 5.75 Å². The molecule has 31 heavy (non-hydrogen) atoms. The molecule has 1 saturated heterocycles. The molecule has 6 nitrogen and oxygen atoms in total. The Balaban J connectivity index is 1.52. The predicted molar refractivity (Wildman–Crippen MR) is 109 cm³/mol. The molecule has 0 unspecified atom stereocenters. The van der Waals surface area contributed by atoms with Crippen molar-refractivity contribution in [3.8, 4) is 5.75 Å². The first-order valence-electron chi connectivity index (χ1n) is 9.72. The Morgan fingerprint density at radius 1 is 1.10 bits per heavy atom. The van der Waals surface area contributed by atoms with Crippen molar-refractivity contribution in [3.63, 3.8) is 0 Å². The van der Waals surface area contributed by atoms with Gasteiger partial charge in [-0.05, 0) is 43.2 Å². The van der Waals surface area contributed by atoms with Crippen molar-refractivity contribution in [1.82, 2.24) is 10.3 Å². The lowest BCUT2D eigenvalue weighted by Gasteiger charge is -2.31. The maximum atomic E-state index is 13.0. The van der Waals surface area contributed by atoms with Crippen LogP contribution in [-0.2, 0) is 11.0 Å². The number of carbonyl (C=O) groups excluding carboxylic acids is 2. The largest absolute Gasteiger partial charge is 0.497 e. The Kier molecular flexibility index (Phi) is 6.94. The van der Waals surface area contributed by atoms with Gasteiger partial charge in [0.2, 0.25) is 5.91 Å². The quantitative estimate of drug-likeness (QED) is 0.577.